The van der Waals surface area contributed by atoms with Gasteiger partial charge in [0.15, 0.2) is 0 Å². The number of aryl methyl sites for hydroxylation is 1. The van der Waals surface area contributed by atoms with Gasteiger partial charge in [0.1, 0.15) is 0 Å². The van der Waals surface area contributed by atoms with Gasteiger partial charge >= 0.3 is 0 Å². The minimum atomic E-state index is 0.303. The Morgan fingerprint density at radius 2 is 2.14 bits per heavy atom. The second-order valence-electron chi connectivity index (χ2n) is 3.66. The van der Waals surface area contributed by atoms with E-state index in [1.165, 1.54) is 9.75 Å². The average molecular weight is 212 g/mol. The molecule has 1 aromatic rings. The van der Waals surface area contributed by atoms with Crippen LogP contribution < -0.4 is 11.1 Å². The Hall–Kier alpha value is -0.380. The van der Waals surface area contributed by atoms with Crippen molar-refractivity contribution in [3.63, 3.8) is 0 Å². The van der Waals surface area contributed by atoms with Gasteiger partial charge in [-0.3, -0.25) is 0 Å². The molecular formula is C11H20N2S. The van der Waals surface area contributed by atoms with E-state index in [1.54, 1.807) is 0 Å². The van der Waals surface area contributed by atoms with Crippen molar-refractivity contribution in [3.8, 4) is 0 Å². The predicted octanol–water partition coefficient (Wildman–Crippen LogP) is 2.14. The van der Waals surface area contributed by atoms with Crippen molar-refractivity contribution in [1.29, 1.82) is 0 Å². The van der Waals surface area contributed by atoms with Gasteiger partial charge in [-0.15, -0.1) is 11.3 Å². The fourth-order valence-electron chi connectivity index (χ4n) is 1.25. The molecule has 0 aliphatic heterocycles. The van der Waals surface area contributed by atoms with Gasteiger partial charge in [-0.25, -0.2) is 0 Å². The molecule has 0 bridgehead atoms. The summed E-state index contributed by atoms with van der Waals surface area (Å²) < 4.78 is 0. The van der Waals surface area contributed by atoms with Crippen molar-refractivity contribution in [2.45, 2.75) is 39.3 Å². The van der Waals surface area contributed by atoms with E-state index in [-0.39, 0.29) is 0 Å². The zero-order chi connectivity index (χ0) is 10.4. The van der Waals surface area contributed by atoms with E-state index < -0.39 is 0 Å². The Morgan fingerprint density at radius 3 is 2.71 bits per heavy atom. The average Bonchev–Trinajstić information content (AvgIpc) is 2.60. The molecule has 0 radical (unpaired) electrons. The molecular weight excluding hydrogens is 192 g/mol. The Morgan fingerprint density at radius 1 is 1.43 bits per heavy atom. The van der Waals surface area contributed by atoms with Crippen LogP contribution in [-0.2, 0) is 13.0 Å². The zero-order valence-corrected chi connectivity index (χ0v) is 9.86. The molecule has 0 fully saturated rings. The van der Waals surface area contributed by atoms with Crippen LogP contribution in [0.5, 0.6) is 0 Å². The summed E-state index contributed by atoms with van der Waals surface area (Å²) in [5, 5.41) is 3.40. The highest BCUT2D eigenvalue weighted by atomic mass is 32.1. The third-order valence-electron chi connectivity index (χ3n) is 2.14. The summed E-state index contributed by atoms with van der Waals surface area (Å²) in [4.78, 5) is 2.89. The number of hydrogen-bond donors (Lipinski definition) is 2. The second kappa shape index (κ2) is 6.17. The highest BCUT2D eigenvalue weighted by Crippen LogP contribution is 2.16. The molecule has 0 aliphatic carbocycles. The fourth-order valence-corrected chi connectivity index (χ4v) is 2.18. The van der Waals surface area contributed by atoms with Crippen LogP contribution in [0.2, 0.25) is 0 Å². The van der Waals surface area contributed by atoms with Crippen LogP contribution in [0.15, 0.2) is 12.1 Å². The number of thiophene rings is 1. The standard InChI is InChI=1S/C11H20N2S/c1-3-10-4-5-11(14-10)8-13-7-6-9(2)12/h4-5,9,13H,3,6-8,12H2,1-2H3. The van der Waals surface area contributed by atoms with Crippen molar-refractivity contribution in [1.82, 2.24) is 5.32 Å². The molecule has 14 heavy (non-hydrogen) atoms. The topological polar surface area (TPSA) is 38.0 Å². The molecule has 3 heteroatoms. The van der Waals surface area contributed by atoms with Crippen LogP contribution in [-0.4, -0.2) is 12.6 Å². The van der Waals surface area contributed by atoms with Crippen molar-refractivity contribution in [3.05, 3.63) is 21.9 Å². The fraction of sp³-hybridized carbons (Fsp3) is 0.636. The molecule has 0 spiro atoms. The van der Waals surface area contributed by atoms with E-state index in [0.717, 1.165) is 25.9 Å². The molecule has 0 aliphatic rings. The molecule has 1 unspecified atom stereocenters. The lowest BCUT2D eigenvalue weighted by atomic mass is 10.2. The maximum absolute atomic E-state index is 5.66. The normalized spacial score (nSPS) is 13.1. The summed E-state index contributed by atoms with van der Waals surface area (Å²) in [7, 11) is 0. The van der Waals surface area contributed by atoms with Crippen molar-refractivity contribution in [2.24, 2.45) is 5.73 Å². The van der Waals surface area contributed by atoms with Gasteiger partial charge < -0.3 is 11.1 Å². The molecule has 0 saturated carbocycles. The van der Waals surface area contributed by atoms with E-state index >= 15 is 0 Å². The quantitative estimate of drug-likeness (QED) is 0.709. The van der Waals surface area contributed by atoms with E-state index in [4.69, 9.17) is 5.73 Å². The summed E-state index contributed by atoms with van der Waals surface area (Å²) in [6.45, 7) is 6.23. The lowest BCUT2D eigenvalue weighted by Crippen LogP contribution is -2.23. The highest BCUT2D eigenvalue weighted by Gasteiger charge is 1.98. The smallest absolute Gasteiger partial charge is 0.0299 e. The van der Waals surface area contributed by atoms with Gasteiger partial charge in [0.05, 0.1) is 0 Å². The van der Waals surface area contributed by atoms with Crippen molar-refractivity contribution in [2.75, 3.05) is 6.54 Å². The Balaban J connectivity index is 2.18. The molecule has 1 rings (SSSR count). The van der Waals surface area contributed by atoms with Crippen LogP contribution in [0, 0.1) is 0 Å². The maximum Gasteiger partial charge on any atom is 0.0299 e. The summed E-state index contributed by atoms with van der Waals surface area (Å²) in [6, 6.07) is 4.73. The highest BCUT2D eigenvalue weighted by molar-refractivity contribution is 7.11. The first-order valence-electron chi connectivity index (χ1n) is 5.26. The van der Waals surface area contributed by atoms with Gasteiger partial charge in [-0.05, 0) is 38.4 Å². The van der Waals surface area contributed by atoms with E-state index in [1.807, 2.05) is 18.3 Å². The van der Waals surface area contributed by atoms with E-state index in [0.29, 0.717) is 6.04 Å². The van der Waals surface area contributed by atoms with Crippen LogP contribution in [0.1, 0.15) is 30.0 Å². The summed E-state index contributed by atoms with van der Waals surface area (Å²) in [5.41, 5.74) is 5.66. The van der Waals surface area contributed by atoms with Crippen LogP contribution >= 0.6 is 11.3 Å². The third kappa shape index (κ3) is 4.22. The zero-order valence-electron chi connectivity index (χ0n) is 9.05. The number of hydrogen-bond acceptors (Lipinski definition) is 3. The van der Waals surface area contributed by atoms with Gasteiger partial charge in [-0.1, -0.05) is 6.92 Å². The molecule has 1 atom stereocenters. The number of rotatable bonds is 6. The third-order valence-corrected chi connectivity index (χ3v) is 3.37. The summed E-state index contributed by atoms with van der Waals surface area (Å²) >= 11 is 1.90. The minimum absolute atomic E-state index is 0.303. The van der Waals surface area contributed by atoms with Gasteiger partial charge in [0.25, 0.3) is 0 Å². The van der Waals surface area contributed by atoms with Crippen molar-refractivity contribution >= 4 is 11.3 Å². The lowest BCUT2D eigenvalue weighted by molar-refractivity contribution is 0.591. The lowest BCUT2D eigenvalue weighted by Gasteiger charge is -2.05. The van der Waals surface area contributed by atoms with Crippen LogP contribution in [0.25, 0.3) is 0 Å². The number of nitrogens with one attached hydrogen (secondary N) is 1. The maximum atomic E-state index is 5.66. The van der Waals surface area contributed by atoms with E-state index in [9.17, 15) is 0 Å². The largest absolute Gasteiger partial charge is 0.328 e. The first-order chi connectivity index (χ1) is 6.72. The van der Waals surface area contributed by atoms with Gasteiger partial charge in [-0.2, -0.15) is 0 Å². The molecule has 2 nitrogen and oxygen atoms in total. The summed E-state index contributed by atoms with van der Waals surface area (Å²) in [5.74, 6) is 0. The molecule has 0 saturated heterocycles. The minimum Gasteiger partial charge on any atom is -0.328 e. The molecule has 80 valence electrons. The Labute approximate surface area is 90.5 Å². The molecule has 1 aromatic heterocycles. The number of nitrogens with two attached hydrogens (primary N) is 1. The van der Waals surface area contributed by atoms with Crippen molar-refractivity contribution < 1.29 is 0 Å². The Bertz CT molecular complexity index is 256. The van der Waals surface area contributed by atoms with E-state index in [2.05, 4.69) is 24.4 Å². The second-order valence-corrected chi connectivity index (χ2v) is 4.92. The van der Waals surface area contributed by atoms with Gasteiger partial charge in [0.2, 0.25) is 0 Å². The van der Waals surface area contributed by atoms with Crippen LogP contribution in [0.4, 0.5) is 0 Å². The molecule has 0 aromatic carbocycles. The molecule has 1 heterocycles. The molecule has 3 N–H and O–H groups in total. The SMILES string of the molecule is CCc1ccc(CNCCC(C)N)s1. The first kappa shape index (κ1) is 11.7. The Kier molecular flexibility index (Phi) is 5.15. The summed E-state index contributed by atoms with van der Waals surface area (Å²) in [6.07, 6.45) is 2.19. The first-order valence-corrected chi connectivity index (χ1v) is 6.08. The van der Waals surface area contributed by atoms with Gasteiger partial charge in [0, 0.05) is 22.3 Å². The molecule has 0 amide bonds. The van der Waals surface area contributed by atoms with Crippen LogP contribution in [0.3, 0.4) is 0 Å². The monoisotopic (exact) mass is 212 g/mol. The predicted molar refractivity (Wildman–Crippen MR) is 63.7 cm³/mol.